The van der Waals surface area contributed by atoms with Gasteiger partial charge < -0.3 is 5.11 Å². The van der Waals surface area contributed by atoms with Gasteiger partial charge in [0.25, 0.3) is 5.70 Å². The Morgan fingerprint density at radius 1 is 1.60 bits per heavy atom. The number of rotatable bonds is 5. The summed E-state index contributed by atoms with van der Waals surface area (Å²) in [4.78, 5) is 20.1. The summed E-state index contributed by atoms with van der Waals surface area (Å²) in [5, 5.41) is 18.8. The number of carboxylic acids is 1. The molecule has 15 heavy (non-hydrogen) atoms. The fraction of sp³-hybridized carbons (Fsp3) is 0.222. The van der Waals surface area contributed by atoms with E-state index >= 15 is 0 Å². The third kappa shape index (κ3) is 4.42. The zero-order valence-electron chi connectivity index (χ0n) is 8.07. The van der Waals surface area contributed by atoms with Crippen molar-refractivity contribution in [3.8, 4) is 0 Å². The Morgan fingerprint density at radius 3 is 2.47 bits per heavy atom. The minimum Gasteiger partial charge on any atom is -0.478 e. The molecule has 6 heteroatoms. The average Bonchev–Trinajstić information content (AvgIpc) is 2.14. The van der Waals surface area contributed by atoms with Gasteiger partial charge >= 0.3 is 5.97 Å². The number of halogens is 1. The standard InChI is InChI=1S/C9H10ClNO4/c1-3-7(9(12)13)8(10)5-4-6(2)11(14)15/h4-5H,2-3H2,1H3,(H,12,13)/b5-4-,8-7-. The molecular weight excluding hydrogens is 222 g/mol. The van der Waals surface area contributed by atoms with E-state index in [1.165, 1.54) is 0 Å². The van der Waals surface area contributed by atoms with Gasteiger partial charge in [-0.25, -0.2) is 4.79 Å². The van der Waals surface area contributed by atoms with Crippen LogP contribution in [0.15, 0.2) is 35.0 Å². The van der Waals surface area contributed by atoms with Crippen molar-refractivity contribution in [2.24, 2.45) is 0 Å². The van der Waals surface area contributed by atoms with Gasteiger partial charge in [0, 0.05) is 6.08 Å². The second-order valence-electron chi connectivity index (χ2n) is 2.57. The summed E-state index contributed by atoms with van der Waals surface area (Å²) in [7, 11) is 0. The maximum atomic E-state index is 10.6. The predicted molar refractivity (Wildman–Crippen MR) is 56.1 cm³/mol. The molecule has 0 fully saturated rings. The first-order valence-electron chi connectivity index (χ1n) is 4.03. The van der Waals surface area contributed by atoms with Crippen LogP contribution in [-0.4, -0.2) is 16.0 Å². The first kappa shape index (κ1) is 13.4. The molecule has 5 nitrogen and oxygen atoms in total. The Balaban J connectivity index is 4.86. The third-order valence-corrected chi connectivity index (χ3v) is 1.91. The molecule has 0 aliphatic rings. The molecule has 0 bridgehead atoms. The van der Waals surface area contributed by atoms with Crippen molar-refractivity contribution in [3.05, 3.63) is 45.1 Å². The topological polar surface area (TPSA) is 80.4 Å². The van der Waals surface area contributed by atoms with Crippen molar-refractivity contribution in [1.29, 1.82) is 0 Å². The summed E-state index contributed by atoms with van der Waals surface area (Å²) in [6.07, 6.45) is 2.45. The minimum atomic E-state index is -1.14. The molecule has 0 radical (unpaired) electrons. The quantitative estimate of drug-likeness (QED) is 0.341. The first-order valence-corrected chi connectivity index (χ1v) is 4.41. The van der Waals surface area contributed by atoms with Crippen LogP contribution in [0.2, 0.25) is 0 Å². The number of carboxylic acid groups (broad SMARTS) is 1. The van der Waals surface area contributed by atoms with E-state index < -0.39 is 10.9 Å². The van der Waals surface area contributed by atoms with Gasteiger partial charge in [-0.1, -0.05) is 18.5 Å². The minimum absolute atomic E-state index is 0.00376. The summed E-state index contributed by atoms with van der Waals surface area (Å²) in [6, 6.07) is 0. The average molecular weight is 232 g/mol. The molecule has 0 saturated heterocycles. The van der Waals surface area contributed by atoms with Gasteiger partial charge in [-0.05, 0) is 19.1 Å². The van der Waals surface area contributed by atoms with E-state index in [-0.39, 0.29) is 22.7 Å². The molecule has 0 heterocycles. The molecule has 82 valence electrons. The van der Waals surface area contributed by atoms with E-state index in [2.05, 4.69) is 6.58 Å². The lowest BCUT2D eigenvalue weighted by atomic mass is 10.2. The van der Waals surface area contributed by atoms with Gasteiger partial charge in [0.1, 0.15) is 0 Å². The Kier molecular flexibility index (Phi) is 5.33. The van der Waals surface area contributed by atoms with Crippen molar-refractivity contribution in [2.45, 2.75) is 13.3 Å². The van der Waals surface area contributed by atoms with Crippen molar-refractivity contribution in [2.75, 3.05) is 0 Å². The Hall–Kier alpha value is -1.62. The fourth-order valence-corrected chi connectivity index (χ4v) is 1.03. The number of hydrogen-bond donors (Lipinski definition) is 1. The Morgan fingerprint density at radius 2 is 2.13 bits per heavy atom. The molecule has 0 saturated carbocycles. The summed E-state index contributed by atoms with van der Waals surface area (Å²) in [6.45, 7) is 4.77. The number of allylic oxidation sites excluding steroid dienone is 3. The third-order valence-electron chi connectivity index (χ3n) is 1.56. The summed E-state index contributed by atoms with van der Waals surface area (Å²) in [5.41, 5.74) is -0.349. The number of nitro groups is 1. The van der Waals surface area contributed by atoms with E-state index in [1.54, 1.807) is 6.92 Å². The molecule has 0 aromatic rings. The van der Waals surface area contributed by atoms with E-state index in [0.29, 0.717) is 0 Å². The molecule has 0 amide bonds. The molecule has 0 unspecified atom stereocenters. The zero-order valence-corrected chi connectivity index (χ0v) is 8.82. The lowest BCUT2D eigenvalue weighted by molar-refractivity contribution is -0.418. The highest BCUT2D eigenvalue weighted by Crippen LogP contribution is 2.15. The SMILES string of the molecule is C=C(/C=C\C(Cl)=C(/CC)C(=O)O)[N+](=O)[O-]. The molecule has 0 spiro atoms. The van der Waals surface area contributed by atoms with Crippen LogP contribution in [0.25, 0.3) is 0 Å². The molecule has 0 aromatic heterocycles. The van der Waals surface area contributed by atoms with Gasteiger partial charge in [0.15, 0.2) is 0 Å². The van der Waals surface area contributed by atoms with Crippen LogP contribution in [0.1, 0.15) is 13.3 Å². The van der Waals surface area contributed by atoms with Gasteiger partial charge in [-0.15, -0.1) is 0 Å². The number of nitrogens with zero attached hydrogens (tertiary/aromatic N) is 1. The fourth-order valence-electron chi connectivity index (χ4n) is 0.753. The lowest BCUT2D eigenvalue weighted by Crippen LogP contribution is -2.00. The summed E-state index contributed by atoms with van der Waals surface area (Å²) in [5.74, 6) is -1.14. The predicted octanol–water partition coefficient (Wildman–Crippen LogP) is 2.32. The second-order valence-corrected chi connectivity index (χ2v) is 2.97. The van der Waals surface area contributed by atoms with Gasteiger partial charge in [-0.3, -0.25) is 10.1 Å². The molecule has 0 aliphatic heterocycles. The Bertz CT molecular complexity index is 357. The highest BCUT2D eigenvalue weighted by atomic mass is 35.5. The van der Waals surface area contributed by atoms with Gasteiger partial charge in [0.2, 0.25) is 0 Å². The van der Waals surface area contributed by atoms with Crippen molar-refractivity contribution in [3.63, 3.8) is 0 Å². The van der Waals surface area contributed by atoms with Crippen LogP contribution in [0.5, 0.6) is 0 Å². The maximum Gasteiger partial charge on any atom is 0.333 e. The van der Waals surface area contributed by atoms with Crippen LogP contribution in [0.4, 0.5) is 0 Å². The lowest BCUT2D eigenvalue weighted by Gasteiger charge is -1.98. The van der Waals surface area contributed by atoms with E-state index in [1.807, 2.05) is 0 Å². The van der Waals surface area contributed by atoms with Crippen LogP contribution in [0.3, 0.4) is 0 Å². The Labute approximate surface area is 91.5 Å². The number of hydrogen-bond acceptors (Lipinski definition) is 3. The molecule has 0 rings (SSSR count). The normalized spacial score (nSPS) is 12.4. The number of aliphatic carboxylic acids is 1. The number of carbonyl (C=O) groups is 1. The molecule has 0 aromatic carbocycles. The van der Waals surface area contributed by atoms with Gasteiger partial charge in [0.05, 0.1) is 15.5 Å². The van der Waals surface area contributed by atoms with Crippen molar-refractivity contribution >= 4 is 17.6 Å². The van der Waals surface area contributed by atoms with Gasteiger partial charge in [-0.2, -0.15) is 0 Å². The van der Waals surface area contributed by atoms with E-state index in [9.17, 15) is 14.9 Å². The van der Waals surface area contributed by atoms with E-state index in [0.717, 1.165) is 12.2 Å². The van der Waals surface area contributed by atoms with Crippen molar-refractivity contribution < 1.29 is 14.8 Å². The molecular formula is C9H10ClNO4. The summed E-state index contributed by atoms with van der Waals surface area (Å²) < 4.78 is 0. The van der Waals surface area contributed by atoms with Crippen LogP contribution < -0.4 is 0 Å². The highest BCUT2D eigenvalue weighted by molar-refractivity contribution is 6.33. The van der Waals surface area contributed by atoms with Crippen LogP contribution in [0, 0.1) is 10.1 Å². The van der Waals surface area contributed by atoms with E-state index in [4.69, 9.17) is 16.7 Å². The second kappa shape index (κ2) is 5.98. The summed E-state index contributed by atoms with van der Waals surface area (Å²) >= 11 is 5.64. The largest absolute Gasteiger partial charge is 0.478 e. The molecule has 1 N–H and O–H groups in total. The maximum absolute atomic E-state index is 10.6. The molecule has 0 aliphatic carbocycles. The monoisotopic (exact) mass is 231 g/mol. The first-order chi connectivity index (χ1) is 6.90. The van der Waals surface area contributed by atoms with Crippen molar-refractivity contribution in [1.82, 2.24) is 0 Å². The zero-order chi connectivity index (χ0) is 12.0. The molecule has 0 atom stereocenters. The smallest absolute Gasteiger partial charge is 0.333 e. The van der Waals surface area contributed by atoms with Crippen LogP contribution in [-0.2, 0) is 4.79 Å². The van der Waals surface area contributed by atoms with Crippen LogP contribution >= 0.6 is 11.6 Å². The highest BCUT2D eigenvalue weighted by Gasteiger charge is 2.09.